The zero-order valence-electron chi connectivity index (χ0n) is 13.1. The number of nitrogens with one attached hydrogen (secondary N) is 2. The fourth-order valence-corrected chi connectivity index (χ4v) is 2.26. The molecular weight excluding hydrogens is 288 g/mol. The zero-order chi connectivity index (χ0) is 16.2. The fourth-order valence-electron chi connectivity index (χ4n) is 2.26. The van der Waals surface area contributed by atoms with E-state index < -0.39 is 0 Å². The van der Waals surface area contributed by atoms with E-state index in [-0.39, 0.29) is 11.8 Å². The van der Waals surface area contributed by atoms with Crippen molar-refractivity contribution in [1.29, 1.82) is 0 Å². The minimum absolute atomic E-state index is 0.0241. The van der Waals surface area contributed by atoms with Crippen LogP contribution in [-0.4, -0.2) is 21.1 Å². The van der Waals surface area contributed by atoms with E-state index in [1.165, 1.54) is 0 Å². The lowest BCUT2D eigenvalue weighted by molar-refractivity contribution is -0.118. The molecule has 2 aromatic heterocycles. The molecule has 0 aliphatic carbocycles. The highest BCUT2D eigenvalue weighted by atomic mass is 16.1. The van der Waals surface area contributed by atoms with Gasteiger partial charge in [-0.05, 0) is 24.3 Å². The maximum absolute atomic E-state index is 12.0. The molecule has 0 atom stereocenters. The average Bonchev–Trinajstić information content (AvgIpc) is 3.10. The molecule has 5 heteroatoms. The predicted molar refractivity (Wildman–Crippen MR) is 90.7 cm³/mol. The van der Waals surface area contributed by atoms with Crippen LogP contribution >= 0.6 is 0 Å². The predicted octanol–water partition coefficient (Wildman–Crippen LogP) is 3.73. The third-order valence-electron chi connectivity index (χ3n) is 3.54. The van der Waals surface area contributed by atoms with Gasteiger partial charge in [0.05, 0.1) is 17.1 Å². The number of aromatic amines is 1. The maximum atomic E-state index is 12.0. The number of carbonyl (C=O) groups excluding carboxylic acids is 1. The summed E-state index contributed by atoms with van der Waals surface area (Å²) in [4.78, 5) is 16.4. The molecular formula is C18H18N4O. The van der Waals surface area contributed by atoms with Crippen molar-refractivity contribution >= 4 is 11.6 Å². The number of aromatic nitrogens is 3. The zero-order valence-corrected chi connectivity index (χ0v) is 13.1. The first-order valence-corrected chi connectivity index (χ1v) is 7.51. The average molecular weight is 306 g/mol. The van der Waals surface area contributed by atoms with Crippen LogP contribution in [0.3, 0.4) is 0 Å². The van der Waals surface area contributed by atoms with E-state index in [1.807, 2.05) is 56.3 Å². The van der Waals surface area contributed by atoms with E-state index in [2.05, 4.69) is 20.5 Å². The van der Waals surface area contributed by atoms with Gasteiger partial charge in [-0.3, -0.25) is 14.9 Å². The van der Waals surface area contributed by atoms with Crippen LogP contribution in [0, 0.1) is 5.92 Å². The first kappa shape index (κ1) is 15.0. The molecule has 2 N–H and O–H groups in total. The summed E-state index contributed by atoms with van der Waals surface area (Å²) < 4.78 is 0. The van der Waals surface area contributed by atoms with E-state index in [4.69, 9.17) is 0 Å². The summed E-state index contributed by atoms with van der Waals surface area (Å²) in [5, 5.41) is 9.87. The molecule has 1 amide bonds. The van der Waals surface area contributed by atoms with E-state index in [0.29, 0.717) is 5.69 Å². The number of anilines is 1. The maximum Gasteiger partial charge on any atom is 0.226 e. The Bertz CT molecular complexity index is 809. The van der Waals surface area contributed by atoms with Gasteiger partial charge in [0.2, 0.25) is 5.91 Å². The Hall–Kier alpha value is -2.95. The smallest absolute Gasteiger partial charge is 0.226 e. The normalized spacial score (nSPS) is 10.7. The van der Waals surface area contributed by atoms with Crippen molar-refractivity contribution in [2.75, 3.05) is 5.32 Å². The quantitative estimate of drug-likeness (QED) is 0.771. The first-order valence-electron chi connectivity index (χ1n) is 7.51. The van der Waals surface area contributed by atoms with Crippen LogP contribution in [-0.2, 0) is 4.79 Å². The minimum Gasteiger partial charge on any atom is -0.324 e. The number of benzene rings is 1. The Labute approximate surface area is 134 Å². The van der Waals surface area contributed by atoms with Crippen molar-refractivity contribution < 1.29 is 4.79 Å². The van der Waals surface area contributed by atoms with Crippen molar-refractivity contribution in [1.82, 2.24) is 15.2 Å². The summed E-state index contributed by atoms with van der Waals surface area (Å²) in [7, 11) is 0. The number of H-pyrrole nitrogens is 1. The highest BCUT2D eigenvalue weighted by Crippen LogP contribution is 2.29. The second kappa shape index (κ2) is 6.44. The van der Waals surface area contributed by atoms with Crippen molar-refractivity contribution in [2.45, 2.75) is 13.8 Å². The van der Waals surface area contributed by atoms with Crippen molar-refractivity contribution in [2.24, 2.45) is 5.92 Å². The number of amides is 1. The van der Waals surface area contributed by atoms with E-state index in [0.717, 1.165) is 22.5 Å². The highest BCUT2D eigenvalue weighted by Gasteiger charge is 2.12. The van der Waals surface area contributed by atoms with Gasteiger partial charge in [-0.2, -0.15) is 5.10 Å². The number of hydrogen-bond acceptors (Lipinski definition) is 3. The number of rotatable bonds is 4. The molecule has 116 valence electrons. The summed E-state index contributed by atoms with van der Waals surface area (Å²) in [6.07, 6.45) is 3.44. The van der Waals surface area contributed by atoms with Gasteiger partial charge in [-0.25, -0.2) is 0 Å². The fraction of sp³-hybridized carbons (Fsp3) is 0.167. The summed E-state index contributed by atoms with van der Waals surface area (Å²) >= 11 is 0. The number of nitrogens with zero attached hydrogens (tertiary/aromatic N) is 2. The lowest BCUT2D eigenvalue weighted by Gasteiger charge is -2.12. The molecule has 0 aliphatic heterocycles. The number of carbonyl (C=O) groups is 1. The molecule has 0 spiro atoms. The van der Waals surface area contributed by atoms with Crippen molar-refractivity contribution in [3.8, 4) is 22.5 Å². The SMILES string of the molecule is CC(C)C(=O)Nc1cccnc1-c1cccc(-c2ccn[nH]2)c1. The third kappa shape index (κ3) is 3.29. The molecule has 0 saturated heterocycles. The van der Waals surface area contributed by atoms with Crippen LogP contribution in [0.4, 0.5) is 5.69 Å². The Morgan fingerprint density at radius 2 is 1.91 bits per heavy atom. The van der Waals surface area contributed by atoms with Gasteiger partial charge < -0.3 is 5.32 Å². The van der Waals surface area contributed by atoms with E-state index in [9.17, 15) is 4.79 Å². The van der Waals surface area contributed by atoms with E-state index in [1.54, 1.807) is 12.4 Å². The number of pyridine rings is 1. The monoisotopic (exact) mass is 306 g/mol. The lowest BCUT2D eigenvalue weighted by atomic mass is 10.0. The molecule has 0 unspecified atom stereocenters. The molecule has 0 radical (unpaired) electrons. The Balaban J connectivity index is 1.99. The van der Waals surface area contributed by atoms with Crippen LogP contribution in [0.25, 0.3) is 22.5 Å². The Morgan fingerprint density at radius 1 is 1.09 bits per heavy atom. The minimum atomic E-state index is -0.0839. The Kier molecular flexibility index (Phi) is 4.19. The standard InChI is InChI=1S/C18H18N4O/c1-12(2)18(23)21-16-7-4-9-19-17(16)14-6-3-5-13(11-14)15-8-10-20-22-15/h3-12H,1-2H3,(H,20,22)(H,21,23). The molecule has 0 bridgehead atoms. The second-order valence-electron chi connectivity index (χ2n) is 5.59. The van der Waals surface area contributed by atoms with Crippen molar-refractivity contribution in [3.05, 3.63) is 54.9 Å². The second-order valence-corrected chi connectivity index (χ2v) is 5.59. The third-order valence-corrected chi connectivity index (χ3v) is 3.54. The van der Waals surface area contributed by atoms with Crippen LogP contribution < -0.4 is 5.32 Å². The highest BCUT2D eigenvalue weighted by molar-refractivity contribution is 5.95. The molecule has 3 rings (SSSR count). The van der Waals surface area contributed by atoms with Crippen LogP contribution in [0.5, 0.6) is 0 Å². The van der Waals surface area contributed by atoms with Gasteiger partial charge in [-0.15, -0.1) is 0 Å². The number of hydrogen-bond donors (Lipinski definition) is 2. The van der Waals surface area contributed by atoms with Crippen LogP contribution in [0.15, 0.2) is 54.9 Å². The summed E-state index contributed by atoms with van der Waals surface area (Å²) in [6.45, 7) is 3.73. The van der Waals surface area contributed by atoms with Gasteiger partial charge in [0.15, 0.2) is 0 Å². The molecule has 5 nitrogen and oxygen atoms in total. The molecule has 0 aliphatic rings. The van der Waals surface area contributed by atoms with Gasteiger partial charge in [0, 0.05) is 29.4 Å². The first-order chi connectivity index (χ1) is 11.1. The van der Waals surface area contributed by atoms with Gasteiger partial charge in [-0.1, -0.05) is 32.0 Å². The summed E-state index contributed by atoms with van der Waals surface area (Å²) in [5.74, 6) is -0.108. The molecule has 1 aromatic carbocycles. The molecule has 23 heavy (non-hydrogen) atoms. The molecule has 2 heterocycles. The lowest BCUT2D eigenvalue weighted by Crippen LogP contribution is -2.18. The topological polar surface area (TPSA) is 70.7 Å². The Morgan fingerprint density at radius 3 is 2.65 bits per heavy atom. The summed E-state index contributed by atoms with van der Waals surface area (Å²) in [5.41, 5.74) is 4.37. The summed E-state index contributed by atoms with van der Waals surface area (Å²) in [6, 6.07) is 13.6. The van der Waals surface area contributed by atoms with Crippen LogP contribution in [0.1, 0.15) is 13.8 Å². The largest absolute Gasteiger partial charge is 0.324 e. The molecule has 0 saturated carbocycles. The van der Waals surface area contributed by atoms with Gasteiger partial charge >= 0.3 is 0 Å². The van der Waals surface area contributed by atoms with Gasteiger partial charge in [0.1, 0.15) is 0 Å². The van der Waals surface area contributed by atoms with Gasteiger partial charge in [0.25, 0.3) is 0 Å². The van der Waals surface area contributed by atoms with E-state index >= 15 is 0 Å². The van der Waals surface area contributed by atoms with Crippen LogP contribution in [0.2, 0.25) is 0 Å². The molecule has 0 fully saturated rings. The molecule has 3 aromatic rings. The van der Waals surface area contributed by atoms with Crippen molar-refractivity contribution in [3.63, 3.8) is 0 Å².